The number of benzene rings is 1. The highest BCUT2D eigenvalue weighted by Crippen LogP contribution is 2.22. The first kappa shape index (κ1) is 12.5. The van der Waals surface area contributed by atoms with Gasteiger partial charge in [0.05, 0.1) is 5.69 Å². The minimum atomic E-state index is -0.0253. The van der Waals surface area contributed by atoms with Crippen LogP contribution in [0.25, 0.3) is 5.69 Å². The summed E-state index contributed by atoms with van der Waals surface area (Å²) in [6.45, 7) is 4.57. The summed E-state index contributed by atoms with van der Waals surface area (Å²) < 4.78 is 4.31. The van der Waals surface area contributed by atoms with Crippen molar-refractivity contribution in [1.29, 1.82) is 0 Å². The van der Waals surface area contributed by atoms with E-state index in [-0.39, 0.29) is 5.69 Å². The number of imidazole rings is 1. The van der Waals surface area contributed by atoms with Crippen LogP contribution >= 0.6 is 28.6 Å². The Morgan fingerprint density at radius 3 is 2.65 bits per heavy atom. The van der Waals surface area contributed by atoms with Gasteiger partial charge in [-0.1, -0.05) is 15.9 Å². The highest BCUT2D eigenvalue weighted by molar-refractivity contribution is 9.10. The predicted octanol–water partition coefficient (Wildman–Crippen LogP) is 3.02. The summed E-state index contributed by atoms with van der Waals surface area (Å²) >= 11 is 7.78. The van der Waals surface area contributed by atoms with Gasteiger partial charge in [-0.3, -0.25) is 9.13 Å². The van der Waals surface area contributed by atoms with Crippen molar-refractivity contribution in [3.8, 4) is 5.69 Å². The normalized spacial score (nSPS) is 10.8. The highest BCUT2D eigenvalue weighted by Gasteiger charge is 2.10. The average Bonchev–Trinajstić information content (AvgIpc) is 2.54. The number of aromatic nitrogens is 2. The van der Waals surface area contributed by atoms with Crippen molar-refractivity contribution < 1.29 is 0 Å². The Hall–Kier alpha value is -0.940. The average molecular weight is 313 g/mol. The van der Waals surface area contributed by atoms with Gasteiger partial charge in [0.15, 0.2) is 0 Å². The molecule has 0 saturated carbocycles. The molecule has 0 saturated heterocycles. The second-order valence-electron chi connectivity index (χ2n) is 3.80. The van der Waals surface area contributed by atoms with Gasteiger partial charge in [0.1, 0.15) is 0 Å². The molecule has 17 heavy (non-hydrogen) atoms. The SMILES string of the molecule is CCn1c(C)cn(-c2ccc(Br)cc2S)c1=O. The fourth-order valence-electron chi connectivity index (χ4n) is 1.85. The van der Waals surface area contributed by atoms with E-state index in [2.05, 4.69) is 28.6 Å². The molecule has 0 unspecified atom stereocenters. The Kier molecular flexibility index (Phi) is 3.49. The molecule has 0 aliphatic heterocycles. The third-order valence-electron chi connectivity index (χ3n) is 2.69. The molecule has 3 nitrogen and oxygen atoms in total. The molecule has 2 rings (SSSR count). The van der Waals surface area contributed by atoms with E-state index in [1.807, 2.05) is 38.2 Å². The third kappa shape index (κ3) is 2.21. The monoisotopic (exact) mass is 312 g/mol. The van der Waals surface area contributed by atoms with Gasteiger partial charge in [0.25, 0.3) is 0 Å². The van der Waals surface area contributed by atoms with E-state index in [4.69, 9.17) is 0 Å². The van der Waals surface area contributed by atoms with Gasteiger partial charge in [-0.2, -0.15) is 0 Å². The van der Waals surface area contributed by atoms with Crippen molar-refractivity contribution in [2.75, 3.05) is 0 Å². The highest BCUT2D eigenvalue weighted by atomic mass is 79.9. The molecule has 0 fully saturated rings. The summed E-state index contributed by atoms with van der Waals surface area (Å²) in [5, 5.41) is 0. The zero-order valence-electron chi connectivity index (χ0n) is 9.64. The molecule has 0 radical (unpaired) electrons. The second kappa shape index (κ2) is 4.74. The van der Waals surface area contributed by atoms with Crippen molar-refractivity contribution in [2.45, 2.75) is 25.3 Å². The number of hydrogen-bond donors (Lipinski definition) is 1. The molecule has 0 atom stereocenters. The van der Waals surface area contributed by atoms with Crippen LogP contribution in [0.4, 0.5) is 0 Å². The first-order chi connectivity index (χ1) is 8.04. The van der Waals surface area contributed by atoms with E-state index in [0.717, 1.165) is 20.7 Å². The maximum absolute atomic E-state index is 12.1. The number of rotatable bonds is 2. The maximum atomic E-state index is 12.1. The number of hydrogen-bond acceptors (Lipinski definition) is 2. The van der Waals surface area contributed by atoms with Crippen LogP contribution in [-0.2, 0) is 6.54 Å². The topological polar surface area (TPSA) is 26.9 Å². The van der Waals surface area contributed by atoms with Gasteiger partial charge in [0, 0.05) is 27.8 Å². The van der Waals surface area contributed by atoms with Gasteiger partial charge in [-0.25, -0.2) is 4.79 Å². The predicted molar refractivity (Wildman–Crippen MR) is 75.4 cm³/mol. The van der Waals surface area contributed by atoms with E-state index in [1.54, 1.807) is 9.13 Å². The first-order valence-electron chi connectivity index (χ1n) is 5.32. The lowest BCUT2D eigenvalue weighted by molar-refractivity contribution is 0.694. The Bertz CT molecular complexity index is 615. The Balaban J connectivity index is 2.65. The van der Waals surface area contributed by atoms with E-state index in [1.165, 1.54) is 0 Å². The van der Waals surface area contributed by atoms with Crippen LogP contribution in [0.1, 0.15) is 12.6 Å². The van der Waals surface area contributed by atoms with Crippen molar-refractivity contribution in [2.24, 2.45) is 0 Å². The summed E-state index contributed by atoms with van der Waals surface area (Å²) in [4.78, 5) is 12.9. The lowest BCUT2D eigenvalue weighted by Gasteiger charge is -2.05. The molecule has 0 aliphatic rings. The minimum Gasteiger partial charge on any atom is -0.297 e. The zero-order valence-corrected chi connectivity index (χ0v) is 12.1. The van der Waals surface area contributed by atoms with Crippen molar-refractivity contribution in [3.63, 3.8) is 0 Å². The van der Waals surface area contributed by atoms with Gasteiger partial charge in [0.2, 0.25) is 0 Å². The molecular formula is C12H13BrN2OS. The van der Waals surface area contributed by atoms with Gasteiger partial charge in [-0.05, 0) is 32.0 Å². The molecule has 1 aromatic heterocycles. The summed E-state index contributed by atoms with van der Waals surface area (Å²) in [7, 11) is 0. The standard InChI is InChI=1S/C12H13BrN2OS/c1-3-14-8(2)7-15(12(14)16)10-5-4-9(13)6-11(10)17/h4-7,17H,3H2,1-2H3. The molecule has 5 heteroatoms. The molecule has 1 aromatic carbocycles. The van der Waals surface area contributed by atoms with Crippen LogP contribution in [0.5, 0.6) is 0 Å². The molecule has 0 amide bonds. The van der Waals surface area contributed by atoms with Crippen molar-refractivity contribution in [3.05, 3.63) is 45.0 Å². The Labute approximate surface area is 114 Å². The third-order valence-corrected chi connectivity index (χ3v) is 3.54. The largest absolute Gasteiger partial charge is 0.332 e. The lowest BCUT2D eigenvalue weighted by atomic mass is 10.3. The Morgan fingerprint density at radius 1 is 1.41 bits per heavy atom. The number of halogens is 1. The van der Waals surface area contributed by atoms with E-state index >= 15 is 0 Å². The van der Waals surface area contributed by atoms with Gasteiger partial charge >= 0.3 is 5.69 Å². The van der Waals surface area contributed by atoms with Gasteiger partial charge in [-0.15, -0.1) is 12.6 Å². The Morgan fingerprint density at radius 2 is 2.12 bits per heavy atom. The summed E-state index contributed by atoms with van der Waals surface area (Å²) in [6.07, 6.45) is 1.84. The summed E-state index contributed by atoms with van der Waals surface area (Å²) in [5.41, 5.74) is 1.73. The lowest BCUT2D eigenvalue weighted by Crippen LogP contribution is -2.23. The molecule has 0 N–H and O–H groups in total. The molecule has 0 aliphatic carbocycles. The maximum Gasteiger partial charge on any atom is 0.332 e. The molecule has 0 spiro atoms. The smallest absolute Gasteiger partial charge is 0.297 e. The number of nitrogens with zero attached hydrogens (tertiary/aromatic N) is 2. The molecule has 2 aromatic rings. The van der Waals surface area contributed by atoms with Crippen LogP contribution < -0.4 is 5.69 Å². The molecular weight excluding hydrogens is 300 g/mol. The van der Waals surface area contributed by atoms with Crippen LogP contribution in [0, 0.1) is 6.92 Å². The van der Waals surface area contributed by atoms with Crippen LogP contribution in [0.15, 0.2) is 38.6 Å². The van der Waals surface area contributed by atoms with E-state index in [0.29, 0.717) is 6.54 Å². The number of aryl methyl sites for hydroxylation is 1. The number of thiol groups is 1. The first-order valence-corrected chi connectivity index (χ1v) is 6.56. The van der Waals surface area contributed by atoms with Crippen molar-refractivity contribution >= 4 is 28.6 Å². The van der Waals surface area contributed by atoms with Crippen LogP contribution in [0.2, 0.25) is 0 Å². The fourth-order valence-corrected chi connectivity index (χ4v) is 2.71. The molecule has 90 valence electrons. The van der Waals surface area contributed by atoms with E-state index < -0.39 is 0 Å². The zero-order chi connectivity index (χ0) is 12.6. The van der Waals surface area contributed by atoms with E-state index in [9.17, 15) is 4.79 Å². The second-order valence-corrected chi connectivity index (χ2v) is 5.20. The van der Waals surface area contributed by atoms with Crippen LogP contribution in [-0.4, -0.2) is 9.13 Å². The van der Waals surface area contributed by atoms with Gasteiger partial charge < -0.3 is 0 Å². The summed E-state index contributed by atoms with van der Waals surface area (Å²) in [6, 6.07) is 5.66. The summed E-state index contributed by atoms with van der Waals surface area (Å²) in [5.74, 6) is 0. The quantitative estimate of drug-likeness (QED) is 0.848. The molecule has 1 heterocycles. The van der Waals surface area contributed by atoms with Crippen LogP contribution in [0.3, 0.4) is 0 Å². The van der Waals surface area contributed by atoms with Crippen molar-refractivity contribution in [1.82, 2.24) is 9.13 Å². The molecule has 0 bridgehead atoms. The fraction of sp³-hybridized carbons (Fsp3) is 0.250. The minimum absolute atomic E-state index is 0.0253.